The van der Waals surface area contributed by atoms with E-state index >= 15 is 0 Å². The van der Waals surface area contributed by atoms with E-state index in [1.807, 2.05) is 0 Å². The zero-order valence-corrected chi connectivity index (χ0v) is 16.4. The van der Waals surface area contributed by atoms with Crippen LogP contribution in [0.5, 0.6) is 0 Å². The summed E-state index contributed by atoms with van der Waals surface area (Å²) < 4.78 is 4.89. The Morgan fingerprint density at radius 3 is 2.93 bits per heavy atom. The molecular formula is C19H18N4O5S. The lowest BCUT2D eigenvalue weighted by atomic mass is 9.99. The monoisotopic (exact) mass is 414 g/mol. The number of fused-ring (bicyclic) bond motifs is 3. The van der Waals surface area contributed by atoms with Crippen LogP contribution in [0, 0.1) is 0 Å². The molecule has 4 rings (SSSR count). The van der Waals surface area contributed by atoms with Crippen molar-refractivity contribution in [1.29, 1.82) is 0 Å². The number of thiazole rings is 1. The van der Waals surface area contributed by atoms with E-state index in [0.717, 1.165) is 11.3 Å². The van der Waals surface area contributed by atoms with Gasteiger partial charge < -0.3 is 10.1 Å². The number of rotatable bonds is 5. The number of aromatic nitrogens is 1. The predicted molar refractivity (Wildman–Crippen MR) is 104 cm³/mol. The highest BCUT2D eigenvalue weighted by Gasteiger charge is 2.56. The van der Waals surface area contributed by atoms with Gasteiger partial charge >= 0.3 is 5.97 Å². The molecule has 1 fully saturated rings. The number of carbonyl (C=O) groups excluding carboxylic acids is 4. The number of hydrogen-bond donors (Lipinski definition) is 2. The van der Waals surface area contributed by atoms with Gasteiger partial charge in [-0.15, -0.1) is 11.3 Å². The number of carbonyl (C=O) groups is 4. The number of nitrogens with zero attached hydrogens (tertiary/aromatic N) is 2. The standard InChI is InChI=1S/C19H18N4O5S/c1-2-28-15(25)9-11-10-29-18(20-11)21-17(27)19-8-7-14(24)23(19)13-6-4-3-5-12(13)16(26)22-19/h3-6,10H,2,7-9H2,1H3,(H,22,26)(H,20,21,27)/t19-/m1/s1. The molecule has 1 aromatic carbocycles. The van der Waals surface area contributed by atoms with Crippen LogP contribution in [0.15, 0.2) is 29.6 Å². The molecule has 1 saturated heterocycles. The first-order valence-electron chi connectivity index (χ1n) is 9.10. The summed E-state index contributed by atoms with van der Waals surface area (Å²) in [6.45, 7) is 2.00. The molecule has 0 aliphatic carbocycles. The molecule has 2 aliphatic rings. The number of amides is 3. The van der Waals surface area contributed by atoms with Crippen molar-refractivity contribution in [2.75, 3.05) is 16.8 Å². The van der Waals surface area contributed by atoms with Gasteiger partial charge in [-0.05, 0) is 19.1 Å². The van der Waals surface area contributed by atoms with Crippen molar-refractivity contribution in [3.05, 3.63) is 40.9 Å². The molecule has 2 aromatic rings. The summed E-state index contributed by atoms with van der Waals surface area (Å²) in [6.07, 6.45) is 0.285. The normalized spacial score (nSPS) is 20.0. The van der Waals surface area contributed by atoms with Crippen molar-refractivity contribution >= 4 is 45.8 Å². The molecule has 0 unspecified atom stereocenters. The minimum Gasteiger partial charge on any atom is -0.466 e. The first kappa shape index (κ1) is 19.1. The smallest absolute Gasteiger partial charge is 0.311 e. The molecule has 1 aromatic heterocycles. The van der Waals surface area contributed by atoms with Crippen LogP contribution in [-0.4, -0.2) is 40.9 Å². The average Bonchev–Trinajstić information content (AvgIpc) is 3.27. The fourth-order valence-electron chi connectivity index (χ4n) is 3.58. The molecule has 29 heavy (non-hydrogen) atoms. The zero-order chi connectivity index (χ0) is 20.6. The molecule has 2 aliphatic heterocycles. The quantitative estimate of drug-likeness (QED) is 0.715. The van der Waals surface area contributed by atoms with Crippen LogP contribution in [0.4, 0.5) is 10.8 Å². The first-order chi connectivity index (χ1) is 13.9. The second-order valence-electron chi connectivity index (χ2n) is 6.64. The number of anilines is 2. The van der Waals surface area contributed by atoms with E-state index in [2.05, 4.69) is 15.6 Å². The lowest BCUT2D eigenvalue weighted by Gasteiger charge is -2.41. The number of hydrogen-bond acceptors (Lipinski definition) is 7. The van der Waals surface area contributed by atoms with Gasteiger partial charge in [0.15, 0.2) is 5.13 Å². The molecule has 2 N–H and O–H groups in total. The molecule has 0 radical (unpaired) electrons. The molecule has 0 spiro atoms. The number of ether oxygens (including phenoxy) is 1. The zero-order valence-electron chi connectivity index (χ0n) is 15.6. The van der Waals surface area contributed by atoms with Crippen LogP contribution >= 0.6 is 11.3 Å². The Balaban J connectivity index is 1.58. The van der Waals surface area contributed by atoms with Crippen molar-refractivity contribution in [3.63, 3.8) is 0 Å². The van der Waals surface area contributed by atoms with Gasteiger partial charge in [-0.25, -0.2) is 4.98 Å². The Labute approximate surface area is 170 Å². The first-order valence-corrected chi connectivity index (χ1v) is 9.98. The lowest BCUT2D eigenvalue weighted by Crippen LogP contribution is -2.68. The van der Waals surface area contributed by atoms with E-state index < -0.39 is 23.4 Å². The number of para-hydroxylation sites is 1. The van der Waals surface area contributed by atoms with Gasteiger partial charge in [0, 0.05) is 18.2 Å². The van der Waals surface area contributed by atoms with Gasteiger partial charge in [0.2, 0.25) is 11.6 Å². The second kappa shape index (κ2) is 7.28. The van der Waals surface area contributed by atoms with E-state index in [0.29, 0.717) is 16.9 Å². The van der Waals surface area contributed by atoms with Crippen LogP contribution < -0.4 is 15.5 Å². The van der Waals surface area contributed by atoms with Crippen LogP contribution in [-0.2, 0) is 25.5 Å². The van der Waals surface area contributed by atoms with Gasteiger partial charge in [-0.3, -0.25) is 29.4 Å². The third kappa shape index (κ3) is 3.25. The van der Waals surface area contributed by atoms with Crippen LogP contribution in [0.1, 0.15) is 35.8 Å². The summed E-state index contributed by atoms with van der Waals surface area (Å²) in [4.78, 5) is 55.5. The van der Waals surface area contributed by atoms with Gasteiger partial charge in [0.25, 0.3) is 11.8 Å². The van der Waals surface area contributed by atoms with E-state index in [-0.39, 0.29) is 36.9 Å². The number of nitrogens with one attached hydrogen (secondary N) is 2. The topological polar surface area (TPSA) is 118 Å². The number of esters is 1. The van der Waals surface area contributed by atoms with Crippen molar-refractivity contribution in [3.8, 4) is 0 Å². The highest BCUT2D eigenvalue weighted by atomic mass is 32.1. The van der Waals surface area contributed by atoms with Crippen molar-refractivity contribution in [2.45, 2.75) is 31.8 Å². The maximum atomic E-state index is 13.2. The Morgan fingerprint density at radius 1 is 1.34 bits per heavy atom. The van der Waals surface area contributed by atoms with E-state index in [1.165, 1.54) is 4.90 Å². The van der Waals surface area contributed by atoms with Crippen LogP contribution in [0.25, 0.3) is 0 Å². The van der Waals surface area contributed by atoms with E-state index in [1.54, 1.807) is 36.6 Å². The van der Waals surface area contributed by atoms with Crippen molar-refractivity contribution in [2.24, 2.45) is 0 Å². The van der Waals surface area contributed by atoms with E-state index in [9.17, 15) is 19.2 Å². The summed E-state index contributed by atoms with van der Waals surface area (Å²) in [6, 6.07) is 6.68. The third-order valence-electron chi connectivity index (χ3n) is 4.82. The summed E-state index contributed by atoms with van der Waals surface area (Å²) >= 11 is 1.15. The fraction of sp³-hybridized carbons (Fsp3) is 0.316. The minimum absolute atomic E-state index is 0.0000749. The molecule has 0 bridgehead atoms. The molecule has 150 valence electrons. The van der Waals surface area contributed by atoms with Gasteiger partial charge in [0.05, 0.1) is 30.0 Å². The predicted octanol–water partition coefficient (Wildman–Crippen LogP) is 1.45. The largest absolute Gasteiger partial charge is 0.466 e. The molecule has 1 atom stereocenters. The highest BCUT2D eigenvalue weighted by molar-refractivity contribution is 7.14. The van der Waals surface area contributed by atoms with Gasteiger partial charge in [0.1, 0.15) is 0 Å². The Hall–Kier alpha value is -3.27. The molecule has 10 heteroatoms. The minimum atomic E-state index is -1.50. The van der Waals surface area contributed by atoms with E-state index in [4.69, 9.17) is 4.74 Å². The number of benzene rings is 1. The maximum Gasteiger partial charge on any atom is 0.311 e. The van der Waals surface area contributed by atoms with Crippen molar-refractivity contribution in [1.82, 2.24) is 10.3 Å². The summed E-state index contributed by atoms with van der Waals surface area (Å²) in [5.41, 5.74) is -0.276. The lowest BCUT2D eigenvalue weighted by molar-refractivity contribution is -0.142. The highest BCUT2D eigenvalue weighted by Crippen LogP contribution is 2.39. The molecule has 0 saturated carbocycles. The molecule has 3 heterocycles. The summed E-state index contributed by atoms with van der Waals surface area (Å²) in [7, 11) is 0. The summed E-state index contributed by atoms with van der Waals surface area (Å²) in [5, 5.41) is 7.31. The average molecular weight is 414 g/mol. The van der Waals surface area contributed by atoms with Crippen LogP contribution in [0.2, 0.25) is 0 Å². The molecule has 3 amide bonds. The van der Waals surface area contributed by atoms with Gasteiger partial charge in [-0.1, -0.05) is 12.1 Å². The Bertz CT molecular complexity index is 1020. The maximum absolute atomic E-state index is 13.2. The summed E-state index contributed by atoms with van der Waals surface area (Å²) in [5.74, 6) is -1.61. The third-order valence-corrected chi connectivity index (χ3v) is 5.63. The fourth-order valence-corrected chi connectivity index (χ4v) is 4.28. The second-order valence-corrected chi connectivity index (χ2v) is 7.50. The van der Waals surface area contributed by atoms with Crippen molar-refractivity contribution < 1.29 is 23.9 Å². The van der Waals surface area contributed by atoms with Crippen LogP contribution in [0.3, 0.4) is 0 Å². The Kier molecular flexibility index (Phi) is 4.79. The SMILES string of the molecule is CCOC(=O)Cc1csc(NC(=O)[C@@]23CCC(=O)N2c2ccccc2C(=O)N3)n1. The molecular weight excluding hydrogens is 396 g/mol. The van der Waals surface area contributed by atoms with Gasteiger partial charge in [-0.2, -0.15) is 0 Å². The molecule has 9 nitrogen and oxygen atoms in total. The Morgan fingerprint density at radius 2 is 2.14 bits per heavy atom.